The zero-order valence-electron chi connectivity index (χ0n) is 21.0. The van der Waals surface area contributed by atoms with Crippen molar-refractivity contribution in [2.24, 2.45) is 5.92 Å². The van der Waals surface area contributed by atoms with Gasteiger partial charge in [-0.2, -0.15) is 0 Å². The highest BCUT2D eigenvalue weighted by Crippen LogP contribution is 2.31. The zero-order chi connectivity index (χ0) is 25.8. The Bertz CT molecular complexity index is 1010. The number of fused-ring (bicyclic) bond motifs is 1. The van der Waals surface area contributed by atoms with Crippen molar-refractivity contribution >= 4 is 27.6 Å². The number of amides is 3. The molecule has 196 valence electrons. The summed E-state index contributed by atoms with van der Waals surface area (Å²) in [6.45, 7) is 3.82. The van der Waals surface area contributed by atoms with Gasteiger partial charge in [-0.3, -0.25) is 4.79 Å². The van der Waals surface area contributed by atoms with E-state index in [1.807, 2.05) is 6.92 Å². The Morgan fingerprint density at radius 2 is 1.97 bits per heavy atom. The lowest BCUT2D eigenvalue weighted by atomic mass is 9.96. The van der Waals surface area contributed by atoms with E-state index in [1.165, 1.54) is 17.8 Å². The van der Waals surface area contributed by atoms with E-state index in [0.29, 0.717) is 11.4 Å². The Kier molecular flexibility index (Phi) is 9.00. The van der Waals surface area contributed by atoms with Gasteiger partial charge >= 0.3 is 6.03 Å². The normalized spacial score (nSPS) is 22.6. The Morgan fingerprint density at radius 3 is 2.60 bits per heavy atom. The molecule has 10 nitrogen and oxygen atoms in total. The van der Waals surface area contributed by atoms with Crippen LogP contribution in [0.4, 0.5) is 10.5 Å². The molecule has 3 N–H and O–H groups in total. The molecule has 1 heterocycles. The topological polar surface area (TPSA) is 128 Å². The molecule has 11 heteroatoms. The number of anilines is 1. The minimum atomic E-state index is -3.42. The molecule has 1 fully saturated rings. The van der Waals surface area contributed by atoms with Gasteiger partial charge in [-0.05, 0) is 38.0 Å². The second-order valence-electron chi connectivity index (χ2n) is 9.81. The number of rotatable bonds is 7. The fourth-order valence-electron chi connectivity index (χ4n) is 4.51. The van der Waals surface area contributed by atoms with Crippen LogP contribution in [0, 0.1) is 5.92 Å². The Hall–Kier alpha value is -2.37. The van der Waals surface area contributed by atoms with E-state index in [2.05, 4.69) is 10.6 Å². The lowest BCUT2D eigenvalue weighted by Crippen LogP contribution is -2.50. The second kappa shape index (κ2) is 11.6. The van der Waals surface area contributed by atoms with Crippen LogP contribution in [0.2, 0.25) is 0 Å². The molecule has 1 aromatic carbocycles. The largest absolute Gasteiger partial charge is 0.488 e. The minimum Gasteiger partial charge on any atom is -0.488 e. The van der Waals surface area contributed by atoms with Crippen LogP contribution in [-0.4, -0.2) is 85.9 Å². The van der Waals surface area contributed by atoms with E-state index in [1.54, 1.807) is 30.0 Å². The second-order valence-corrected chi connectivity index (χ2v) is 11.9. The van der Waals surface area contributed by atoms with Crippen LogP contribution in [0.1, 0.15) is 56.3 Å². The molecule has 2 aliphatic rings. The van der Waals surface area contributed by atoms with Gasteiger partial charge in [0, 0.05) is 31.2 Å². The summed E-state index contributed by atoms with van der Waals surface area (Å²) >= 11 is 0. The van der Waals surface area contributed by atoms with E-state index in [9.17, 15) is 23.1 Å². The van der Waals surface area contributed by atoms with Crippen LogP contribution >= 0.6 is 0 Å². The number of carbonyl (C=O) groups excluding carboxylic acids is 2. The molecule has 0 radical (unpaired) electrons. The van der Waals surface area contributed by atoms with Crippen molar-refractivity contribution in [1.82, 2.24) is 14.5 Å². The molecule has 3 atom stereocenters. The molecule has 0 spiro atoms. The smallest absolute Gasteiger partial charge is 0.319 e. The van der Waals surface area contributed by atoms with Crippen molar-refractivity contribution in [1.29, 1.82) is 0 Å². The standard InChI is InChI=1S/C24H38N4O6S/c1-16-13-28(17(2)15-29)23(30)20-12-19(26-24(31)25-18-8-6-5-7-9-18)10-11-21(20)34-22(16)14-27(3)35(4,32)33/h10-12,16-18,22,29H,5-9,13-15H2,1-4H3,(H2,25,26,31)/t16-,17+,22+/m1/s1. The van der Waals surface area contributed by atoms with Crippen LogP contribution in [0.5, 0.6) is 5.75 Å². The molecule has 1 aliphatic heterocycles. The molecule has 0 saturated heterocycles. The van der Waals surface area contributed by atoms with Crippen LogP contribution in [0.15, 0.2) is 18.2 Å². The van der Waals surface area contributed by atoms with Crippen molar-refractivity contribution in [3.63, 3.8) is 0 Å². The third-order valence-corrected chi connectivity index (χ3v) is 8.15. The van der Waals surface area contributed by atoms with Gasteiger partial charge in [0.1, 0.15) is 11.9 Å². The zero-order valence-corrected chi connectivity index (χ0v) is 21.8. The average molecular weight is 511 g/mol. The fraction of sp³-hybridized carbons (Fsp3) is 0.667. The molecule has 3 rings (SSSR count). The number of hydrogen-bond acceptors (Lipinski definition) is 6. The molecule has 0 unspecified atom stereocenters. The maximum Gasteiger partial charge on any atom is 0.319 e. The van der Waals surface area contributed by atoms with Crippen LogP contribution in [0.25, 0.3) is 0 Å². The first-order valence-electron chi connectivity index (χ1n) is 12.2. The molecular formula is C24H38N4O6S. The summed E-state index contributed by atoms with van der Waals surface area (Å²) in [6.07, 6.45) is 5.91. The molecule has 1 aromatic rings. The van der Waals surface area contributed by atoms with Crippen molar-refractivity contribution in [2.75, 3.05) is 38.3 Å². The molecule has 0 aromatic heterocycles. The number of nitrogens with zero attached hydrogens (tertiary/aromatic N) is 2. The Morgan fingerprint density at radius 1 is 1.29 bits per heavy atom. The van der Waals surface area contributed by atoms with Gasteiger partial charge in [0.25, 0.3) is 5.91 Å². The van der Waals surface area contributed by atoms with Gasteiger partial charge in [0.05, 0.1) is 31.0 Å². The number of urea groups is 1. The number of nitrogens with one attached hydrogen (secondary N) is 2. The predicted octanol–water partition coefficient (Wildman–Crippen LogP) is 2.25. The van der Waals surface area contributed by atoms with Gasteiger partial charge in [0.2, 0.25) is 10.0 Å². The first-order chi connectivity index (χ1) is 16.5. The Labute approximate surface area is 208 Å². The summed E-state index contributed by atoms with van der Waals surface area (Å²) in [5.41, 5.74) is 0.698. The summed E-state index contributed by atoms with van der Waals surface area (Å²) in [5.74, 6) is -0.217. The molecule has 3 amide bonds. The van der Waals surface area contributed by atoms with Crippen LogP contribution < -0.4 is 15.4 Å². The molecule has 1 saturated carbocycles. The van der Waals surface area contributed by atoms with Crippen molar-refractivity contribution in [2.45, 2.75) is 64.1 Å². The highest BCUT2D eigenvalue weighted by Gasteiger charge is 2.34. The quantitative estimate of drug-likeness (QED) is 0.516. The predicted molar refractivity (Wildman–Crippen MR) is 134 cm³/mol. The molecule has 35 heavy (non-hydrogen) atoms. The highest BCUT2D eigenvalue weighted by atomic mass is 32.2. The minimum absolute atomic E-state index is 0.110. The van der Waals surface area contributed by atoms with Crippen molar-refractivity contribution in [3.05, 3.63) is 23.8 Å². The SMILES string of the molecule is C[C@@H]1CN([C@@H](C)CO)C(=O)c2cc(NC(=O)NC3CCCCC3)ccc2O[C@H]1CN(C)S(C)(=O)=O. The van der Waals surface area contributed by atoms with Crippen molar-refractivity contribution in [3.8, 4) is 5.75 Å². The lowest BCUT2D eigenvalue weighted by molar-refractivity contribution is 0.0387. The number of ether oxygens (including phenoxy) is 1. The number of benzene rings is 1. The summed E-state index contributed by atoms with van der Waals surface area (Å²) in [7, 11) is -1.94. The third-order valence-electron chi connectivity index (χ3n) is 6.87. The maximum absolute atomic E-state index is 13.5. The summed E-state index contributed by atoms with van der Waals surface area (Å²) in [4.78, 5) is 27.6. The molecule has 0 bridgehead atoms. The van der Waals surface area contributed by atoms with E-state index in [4.69, 9.17) is 4.74 Å². The molecule has 1 aliphatic carbocycles. The third kappa shape index (κ3) is 7.08. The summed E-state index contributed by atoms with van der Waals surface area (Å²) in [6, 6.07) is 4.23. The number of aliphatic hydroxyl groups is 1. The maximum atomic E-state index is 13.5. The van der Waals surface area contributed by atoms with Gasteiger partial charge in [-0.15, -0.1) is 0 Å². The fourth-order valence-corrected chi connectivity index (χ4v) is 4.92. The highest BCUT2D eigenvalue weighted by molar-refractivity contribution is 7.88. The monoisotopic (exact) mass is 510 g/mol. The van der Waals surface area contributed by atoms with E-state index >= 15 is 0 Å². The number of aliphatic hydroxyl groups excluding tert-OH is 1. The summed E-state index contributed by atoms with van der Waals surface area (Å²) in [5, 5.41) is 15.6. The number of carbonyl (C=O) groups is 2. The number of hydrogen-bond donors (Lipinski definition) is 3. The van der Waals surface area contributed by atoms with E-state index in [0.717, 1.165) is 31.9 Å². The lowest BCUT2D eigenvalue weighted by Gasteiger charge is -2.38. The Balaban J connectivity index is 1.87. The van der Waals surface area contributed by atoms with E-state index < -0.39 is 22.2 Å². The average Bonchev–Trinajstić information content (AvgIpc) is 2.81. The molecular weight excluding hydrogens is 472 g/mol. The van der Waals surface area contributed by atoms with Crippen molar-refractivity contribution < 1.29 is 27.9 Å². The number of sulfonamides is 1. The van der Waals surface area contributed by atoms with Gasteiger partial charge < -0.3 is 25.4 Å². The number of likely N-dealkylation sites (N-methyl/N-ethyl adjacent to an activating group) is 1. The van der Waals surface area contributed by atoms with Gasteiger partial charge in [0.15, 0.2) is 0 Å². The van der Waals surface area contributed by atoms with Crippen LogP contribution in [0.3, 0.4) is 0 Å². The van der Waals surface area contributed by atoms with E-state index in [-0.39, 0.29) is 49.2 Å². The first kappa shape index (κ1) is 27.2. The van der Waals surface area contributed by atoms with Crippen LogP contribution in [-0.2, 0) is 10.0 Å². The van der Waals surface area contributed by atoms with Gasteiger partial charge in [-0.1, -0.05) is 26.2 Å². The first-order valence-corrected chi connectivity index (χ1v) is 14.1. The summed E-state index contributed by atoms with van der Waals surface area (Å²) < 4.78 is 31.4. The van der Waals surface area contributed by atoms with Gasteiger partial charge in [-0.25, -0.2) is 17.5 Å².